The van der Waals surface area contributed by atoms with Gasteiger partial charge < -0.3 is 10.1 Å². The molecule has 4 aromatic rings. The van der Waals surface area contributed by atoms with Crippen molar-refractivity contribution < 1.29 is 9.50 Å². The quantitative estimate of drug-likeness (QED) is 0.518. The Morgan fingerprint density at radius 2 is 1.67 bits per heavy atom. The summed E-state index contributed by atoms with van der Waals surface area (Å²) in [5.41, 5.74) is 4.93. The van der Waals surface area contributed by atoms with Crippen molar-refractivity contribution in [2.75, 3.05) is 0 Å². The van der Waals surface area contributed by atoms with Gasteiger partial charge in [0, 0.05) is 34.4 Å². The number of aryl methyl sites for hydroxylation is 1. The van der Waals surface area contributed by atoms with Gasteiger partial charge in [-0.3, -0.25) is 4.98 Å². The first-order valence-electron chi connectivity index (χ1n) is 8.38. The Kier molecular flexibility index (Phi) is 4.46. The Morgan fingerprint density at radius 1 is 0.963 bits per heavy atom. The van der Waals surface area contributed by atoms with E-state index < -0.39 is 0 Å². The van der Waals surface area contributed by atoms with Gasteiger partial charge in [0.1, 0.15) is 17.4 Å². The van der Waals surface area contributed by atoms with Crippen molar-refractivity contribution in [3.05, 3.63) is 72.3 Å². The first kappa shape index (κ1) is 17.4. The monoisotopic (exact) mass is 377 g/mol. The molecule has 134 valence electrons. The highest BCUT2D eigenvalue weighted by Gasteiger charge is 2.16. The molecule has 0 aliphatic rings. The fraction of sp³-hybridized carbons (Fsp3) is 0.0476. The molecule has 1 atom stereocenters. The number of phenolic OH excluding ortho intramolecular Hbond substituents is 1. The summed E-state index contributed by atoms with van der Waals surface area (Å²) in [6.07, 6.45) is 3.44. The van der Waals surface area contributed by atoms with Gasteiger partial charge in [0.05, 0.1) is 11.4 Å². The fourth-order valence-electron chi connectivity index (χ4n) is 3.00. The lowest BCUT2D eigenvalue weighted by Crippen LogP contribution is -1.96. The van der Waals surface area contributed by atoms with Gasteiger partial charge in [-0.25, -0.2) is 9.37 Å². The third kappa shape index (κ3) is 3.34. The van der Waals surface area contributed by atoms with E-state index in [4.69, 9.17) is 4.98 Å². The van der Waals surface area contributed by atoms with Gasteiger partial charge in [-0.05, 0) is 61.0 Å². The number of aromatic nitrogens is 3. The van der Waals surface area contributed by atoms with Crippen LogP contribution in [0.2, 0.25) is 0 Å². The highest BCUT2D eigenvalue weighted by molar-refractivity contribution is 7.27. The van der Waals surface area contributed by atoms with E-state index in [9.17, 15) is 9.50 Å². The van der Waals surface area contributed by atoms with E-state index >= 15 is 0 Å². The molecule has 27 heavy (non-hydrogen) atoms. The van der Waals surface area contributed by atoms with Gasteiger partial charge >= 0.3 is 0 Å². The molecule has 0 fully saturated rings. The van der Waals surface area contributed by atoms with Crippen molar-refractivity contribution in [1.29, 1.82) is 0 Å². The van der Waals surface area contributed by atoms with Crippen molar-refractivity contribution in [2.45, 2.75) is 6.92 Å². The predicted molar refractivity (Wildman–Crippen MR) is 108 cm³/mol. The minimum absolute atomic E-state index is 0.253. The molecule has 0 saturated heterocycles. The van der Waals surface area contributed by atoms with Crippen molar-refractivity contribution in [2.24, 2.45) is 0 Å². The number of benzene rings is 2. The molecule has 6 heteroatoms. The summed E-state index contributed by atoms with van der Waals surface area (Å²) in [6, 6.07) is 13.8. The maximum Gasteiger partial charge on any atom is 0.138 e. The Labute approximate surface area is 158 Å². The normalized spacial score (nSPS) is 10.9. The second-order valence-electron chi connectivity index (χ2n) is 6.28. The Hall–Kier alpha value is -3.04. The molecule has 2 heterocycles. The number of rotatable bonds is 3. The number of phenols is 1. The highest BCUT2D eigenvalue weighted by atomic mass is 31.0. The molecule has 2 aromatic heterocycles. The first-order valence-corrected chi connectivity index (χ1v) is 8.96. The maximum atomic E-state index is 13.4. The van der Waals surface area contributed by atoms with Gasteiger partial charge in [-0.2, -0.15) is 0 Å². The number of pyridine rings is 1. The second-order valence-corrected chi connectivity index (χ2v) is 6.90. The van der Waals surface area contributed by atoms with Gasteiger partial charge in [0.2, 0.25) is 0 Å². The molecule has 4 rings (SSSR count). The molecule has 0 spiro atoms. The van der Waals surface area contributed by atoms with E-state index in [1.54, 1.807) is 24.5 Å². The smallest absolute Gasteiger partial charge is 0.138 e. The number of hydrogen-bond donors (Lipinski definition) is 2. The molecule has 0 bridgehead atoms. The van der Waals surface area contributed by atoms with E-state index in [1.807, 2.05) is 31.2 Å². The van der Waals surface area contributed by atoms with Gasteiger partial charge in [-0.1, -0.05) is 0 Å². The van der Waals surface area contributed by atoms with Crippen LogP contribution in [0.25, 0.3) is 33.9 Å². The number of aromatic amines is 1. The van der Waals surface area contributed by atoms with E-state index in [0.29, 0.717) is 11.1 Å². The number of nitrogens with one attached hydrogen (secondary N) is 1. The molecule has 0 saturated carbocycles. The Balaban J connectivity index is 1.91. The number of imidazole rings is 1. The molecule has 0 amide bonds. The SMILES string of the molecule is Cc1cc(-c2nc(-c3ccc(F)cc3)c(-c3ccncc3)[nH]2)cc(P)c1O. The zero-order valence-electron chi connectivity index (χ0n) is 14.6. The zero-order valence-corrected chi connectivity index (χ0v) is 15.7. The Morgan fingerprint density at radius 3 is 2.33 bits per heavy atom. The summed E-state index contributed by atoms with van der Waals surface area (Å²) >= 11 is 0. The molecule has 1 unspecified atom stereocenters. The minimum atomic E-state index is -0.290. The minimum Gasteiger partial charge on any atom is -0.507 e. The van der Waals surface area contributed by atoms with Crippen LogP contribution in [-0.2, 0) is 0 Å². The van der Waals surface area contributed by atoms with Crippen LogP contribution in [0.1, 0.15) is 5.56 Å². The summed E-state index contributed by atoms with van der Waals surface area (Å²) in [5, 5.41) is 10.7. The molecule has 0 aliphatic heterocycles. The molecule has 0 radical (unpaired) electrons. The lowest BCUT2D eigenvalue weighted by Gasteiger charge is -2.05. The van der Waals surface area contributed by atoms with Crippen LogP contribution in [0.15, 0.2) is 60.9 Å². The zero-order chi connectivity index (χ0) is 19.0. The third-order valence-electron chi connectivity index (χ3n) is 4.39. The van der Waals surface area contributed by atoms with Gasteiger partial charge in [-0.15, -0.1) is 9.24 Å². The van der Waals surface area contributed by atoms with E-state index in [-0.39, 0.29) is 11.6 Å². The van der Waals surface area contributed by atoms with E-state index in [2.05, 4.69) is 19.2 Å². The number of H-pyrrole nitrogens is 1. The summed E-state index contributed by atoms with van der Waals surface area (Å²) in [6.45, 7) is 1.85. The van der Waals surface area contributed by atoms with Gasteiger partial charge in [0.15, 0.2) is 0 Å². The second kappa shape index (κ2) is 6.93. The first-order chi connectivity index (χ1) is 13.0. The third-order valence-corrected chi connectivity index (χ3v) is 4.83. The fourth-order valence-corrected chi connectivity index (χ4v) is 3.40. The van der Waals surface area contributed by atoms with Crippen LogP contribution in [0.5, 0.6) is 5.75 Å². The topological polar surface area (TPSA) is 61.8 Å². The molecule has 2 N–H and O–H groups in total. The standard InChI is InChI=1S/C21H17FN3OP/c1-12-10-15(11-17(27)20(12)26)21-24-18(13-2-4-16(22)5-3-13)19(25-21)14-6-8-23-9-7-14/h2-11,26H,27H2,1H3,(H,24,25). The van der Waals surface area contributed by atoms with Crippen molar-refractivity contribution in [3.8, 4) is 39.7 Å². The van der Waals surface area contributed by atoms with E-state index in [1.165, 1.54) is 12.1 Å². The lowest BCUT2D eigenvalue weighted by molar-refractivity contribution is 0.476. The largest absolute Gasteiger partial charge is 0.507 e. The number of halogens is 1. The van der Waals surface area contributed by atoms with Crippen LogP contribution in [-0.4, -0.2) is 20.1 Å². The van der Waals surface area contributed by atoms with Crippen molar-refractivity contribution in [3.63, 3.8) is 0 Å². The molecular formula is C21H17FN3OP. The van der Waals surface area contributed by atoms with Crippen molar-refractivity contribution >= 4 is 14.5 Å². The summed E-state index contributed by atoms with van der Waals surface area (Å²) < 4.78 is 13.4. The summed E-state index contributed by atoms with van der Waals surface area (Å²) in [5.74, 6) is 0.637. The molecule has 0 aliphatic carbocycles. The number of hydrogen-bond acceptors (Lipinski definition) is 3. The van der Waals surface area contributed by atoms with Gasteiger partial charge in [0.25, 0.3) is 0 Å². The summed E-state index contributed by atoms with van der Waals surface area (Å²) in [4.78, 5) is 12.2. The molecular weight excluding hydrogens is 360 g/mol. The summed E-state index contributed by atoms with van der Waals surface area (Å²) in [7, 11) is 2.53. The van der Waals surface area contributed by atoms with E-state index in [0.717, 1.165) is 33.6 Å². The van der Waals surface area contributed by atoms with Crippen LogP contribution < -0.4 is 5.30 Å². The maximum absolute atomic E-state index is 13.4. The lowest BCUT2D eigenvalue weighted by atomic mass is 10.1. The van der Waals surface area contributed by atoms with Crippen LogP contribution in [0.3, 0.4) is 0 Å². The predicted octanol–water partition coefficient (Wildman–Crippen LogP) is 4.46. The molecule has 4 nitrogen and oxygen atoms in total. The van der Waals surface area contributed by atoms with Crippen LogP contribution >= 0.6 is 9.24 Å². The van der Waals surface area contributed by atoms with Crippen LogP contribution in [0, 0.1) is 12.7 Å². The molecule has 2 aromatic carbocycles. The number of nitrogens with zero attached hydrogens (tertiary/aromatic N) is 2. The van der Waals surface area contributed by atoms with Crippen LogP contribution in [0.4, 0.5) is 4.39 Å². The van der Waals surface area contributed by atoms with Crippen molar-refractivity contribution in [1.82, 2.24) is 15.0 Å². The highest BCUT2D eigenvalue weighted by Crippen LogP contribution is 2.33. The Bertz CT molecular complexity index is 1090. The average molecular weight is 377 g/mol. The average Bonchev–Trinajstić information content (AvgIpc) is 3.12. The number of aromatic hydroxyl groups is 1.